The number of aromatic hydroxyl groups is 1. The minimum absolute atomic E-state index is 0.0788. The molecule has 12 nitrogen and oxygen atoms in total. The third kappa shape index (κ3) is 8.10. The zero-order chi connectivity index (χ0) is 37.6. The van der Waals surface area contributed by atoms with E-state index in [0.717, 1.165) is 23.6 Å². The molecule has 3 fully saturated rings. The van der Waals surface area contributed by atoms with Crippen LogP contribution in [0.2, 0.25) is 0 Å². The van der Waals surface area contributed by atoms with Crippen molar-refractivity contribution < 1.29 is 29.1 Å². The lowest BCUT2D eigenvalue weighted by Crippen LogP contribution is -2.62. The summed E-state index contributed by atoms with van der Waals surface area (Å²) < 4.78 is 1.72. The summed E-state index contributed by atoms with van der Waals surface area (Å²) in [6.45, 7) is 20.1. The van der Waals surface area contributed by atoms with Crippen molar-refractivity contribution in [3.8, 4) is 5.88 Å². The molecule has 1 aromatic heterocycles. The summed E-state index contributed by atoms with van der Waals surface area (Å²) in [5.41, 5.74) is -1.32. The fourth-order valence-electron chi connectivity index (χ4n) is 7.61. The van der Waals surface area contributed by atoms with Crippen LogP contribution in [-0.4, -0.2) is 81.4 Å². The zero-order valence-corrected chi connectivity index (χ0v) is 31.3. The number of urea groups is 1. The average molecular weight is 705 g/mol. The van der Waals surface area contributed by atoms with Gasteiger partial charge in [-0.15, -0.1) is 6.58 Å². The van der Waals surface area contributed by atoms with Gasteiger partial charge in [0, 0.05) is 36.6 Å². The number of Topliss-reactive ketones (excluding diaryl/α,β-unsaturated/α-hetero) is 1. The van der Waals surface area contributed by atoms with Crippen LogP contribution in [0.3, 0.4) is 0 Å². The molecule has 5 N–H and O–H groups in total. The van der Waals surface area contributed by atoms with Crippen molar-refractivity contribution in [1.29, 1.82) is 0 Å². The normalized spacial score (nSPS) is 22.7. The fourth-order valence-corrected chi connectivity index (χ4v) is 7.61. The second-order valence-corrected chi connectivity index (χ2v) is 17.5. The van der Waals surface area contributed by atoms with Gasteiger partial charge in [0.25, 0.3) is 5.91 Å². The first-order chi connectivity index (χ1) is 23.7. The van der Waals surface area contributed by atoms with Gasteiger partial charge >= 0.3 is 6.03 Å². The van der Waals surface area contributed by atoms with E-state index in [0.29, 0.717) is 19.5 Å². The Labute approximate surface area is 301 Å². The molecule has 3 aliphatic rings. The quantitative estimate of drug-likeness (QED) is 0.156. The molecule has 2 saturated carbocycles. The second kappa shape index (κ2) is 14.0. The molecule has 1 saturated heterocycles. The molecule has 0 radical (unpaired) electrons. The average Bonchev–Trinajstić information content (AvgIpc) is 3.85. The molecule has 2 aliphatic carbocycles. The Hall–Kier alpha value is -4.35. The molecule has 6 atom stereocenters. The Balaban J connectivity index is 1.33. The molecule has 5 rings (SSSR count). The zero-order valence-electron chi connectivity index (χ0n) is 31.3. The molecule has 1 aliphatic heterocycles. The van der Waals surface area contributed by atoms with E-state index in [1.54, 1.807) is 9.47 Å². The molecule has 2 heterocycles. The maximum Gasteiger partial charge on any atom is 0.315 e. The molecule has 5 amide bonds. The van der Waals surface area contributed by atoms with Crippen molar-refractivity contribution in [3.05, 3.63) is 43.1 Å². The third-order valence-electron chi connectivity index (χ3n) is 11.2. The molecule has 0 spiro atoms. The van der Waals surface area contributed by atoms with E-state index in [4.69, 9.17) is 0 Å². The molecule has 278 valence electrons. The number of carbonyl (C=O) groups is 5. The van der Waals surface area contributed by atoms with E-state index < -0.39 is 58.6 Å². The SMILES string of the molecule is C=CCNC(=O)C(=O)C(CC1CC1)NC(=O)C1[C@@H]2[C@H](CN1C(=O)[C@@H](NC(=O)N[C@H](Cn1cc3ccccc3c1O)C(C)(C)C)C(C)(C)C)C2(C)C. The van der Waals surface area contributed by atoms with Gasteiger partial charge < -0.3 is 35.8 Å². The molecule has 0 bridgehead atoms. The van der Waals surface area contributed by atoms with Crippen molar-refractivity contribution in [2.24, 2.45) is 34.0 Å². The number of amides is 5. The minimum atomic E-state index is -0.998. The lowest BCUT2D eigenvalue weighted by molar-refractivity contribution is -0.145. The van der Waals surface area contributed by atoms with Crippen LogP contribution >= 0.6 is 0 Å². The number of likely N-dealkylation sites (tertiary alicyclic amines) is 1. The van der Waals surface area contributed by atoms with Crippen LogP contribution in [0.5, 0.6) is 5.88 Å². The standard InChI is InChI=1S/C39H56N6O6/c1-10-17-40-33(48)30(46)26(18-22-15-16-22)41-32(47)29-28-25(39(28,8)9)20-45(29)35(50)31(38(5,6)7)43-36(51)42-27(37(2,3)4)21-44-19-23-13-11-12-14-24(23)34(44)49/h10-14,19,22,25-29,31,49H,1,15-18,20-21H2,2-9H3,(H,40,48)(H,41,47)(H2,42,43,51)/t25-,26?,27+,28-,29?,31+/m0/s1. The number of ketones is 1. The molecular weight excluding hydrogens is 648 g/mol. The van der Waals surface area contributed by atoms with Crippen molar-refractivity contribution in [2.75, 3.05) is 13.1 Å². The topological polar surface area (TPSA) is 162 Å². The van der Waals surface area contributed by atoms with Crippen molar-refractivity contribution >= 4 is 40.3 Å². The van der Waals surface area contributed by atoms with Gasteiger partial charge in [0.1, 0.15) is 12.1 Å². The highest BCUT2D eigenvalue weighted by Gasteiger charge is 2.70. The first-order valence-electron chi connectivity index (χ1n) is 18.1. The Kier molecular flexibility index (Phi) is 10.4. The van der Waals surface area contributed by atoms with E-state index in [1.807, 2.05) is 72.0 Å². The lowest BCUT2D eigenvalue weighted by Gasteiger charge is -2.38. The molecule has 2 unspecified atom stereocenters. The van der Waals surface area contributed by atoms with Crippen LogP contribution in [0.4, 0.5) is 4.79 Å². The maximum absolute atomic E-state index is 14.5. The smallest absolute Gasteiger partial charge is 0.315 e. The lowest BCUT2D eigenvalue weighted by atomic mass is 9.85. The molecule has 2 aromatic rings. The third-order valence-corrected chi connectivity index (χ3v) is 11.2. The van der Waals surface area contributed by atoms with Crippen LogP contribution in [0, 0.1) is 34.0 Å². The van der Waals surface area contributed by atoms with Gasteiger partial charge in [0.2, 0.25) is 17.6 Å². The van der Waals surface area contributed by atoms with Crippen LogP contribution in [0.25, 0.3) is 10.8 Å². The highest BCUT2D eigenvalue weighted by molar-refractivity contribution is 6.38. The van der Waals surface area contributed by atoms with Gasteiger partial charge in [-0.3, -0.25) is 19.2 Å². The Morgan fingerprint density at radius 1 is 1.00 bits per heavy atom. The predicted octanol–water partition coefficient (Wildman–Crippen LogP) is 4.11. The Morgan fingerprint density at radius 3 is 2.25 bits per heavy atom. The van der Waals surface area contributed by atoms with Crippen LogP contribution in [0.1, 0.15) is 74.7 Å². The number of carbonyl (C=O) groups excluding carboxylic acids is 5. The highest BCUT2D eigenvalue weighted by atomic mass is 16.3. The summed E-state index contributed by atoms with van der Waals surface area (Å²) in [4.78, 5) is 69.7. The monoisotopic (exact) mass is 704 g/mol. The van der Waals surface area contributed by atoms with E-state index in [-0.39, 0.29) is 41.5 Å². The number of fused-ring (bicyclic) bond motifs is 2. The van der Waals surface area contributed by atoms with Crippen molar-refractivity contribution in [3.63, 3.8) is 0 Å². The van der Waals surface area contributed by atoms with E-state index in [1.165, 1.54) is 6.08 Å². The van der Waals surface area contributed by atoms with Gasteiger partial charge in [-0.2, -0.15) is 0 Å². The van der Waals surface area contributed by atoms with Gasteiger partial charge in [-0.1, -0.05) is 92.5 Å². The van der Waals surface area contributed by atoms with Crippen LogP contribution in [0.15, 0.2) is 43.1 Å². The van der Waals surface area contributed by atoms with Gasteiger partial charge in [0.05, 0.1) is 12.1 Å². The fraction of sp³-hybridized carbons (Fsp3) is 0.615. The molecule has 1 aromatic carbocycles. The summed E-state index contributed by atoms with van der Waals surface area (Å²) in [5, 5.41) is 23.9. The molecular formula is C39H56N6O6. The molecule has 12 heteroatoms. The first kappa shape index (κ1) is 37.9. The summed E-state index contributed by atoms with van der Waals surface area (Å²) >= 11 is 0. The predicted molar refractivity (Wildman–Crippen MR) is 196 cm³/mol. The summed E-state index contributed by atoms with van der Waals surface area (Å²) in [6.07, 6.45) is 5.56. The number of benzene rings is 1. The largest absolute Gasteiger partial charge is 0.494 e. The van der Waals surface area contributed by atoms with Gasteiger partial charge in [-0.05, 0) is 46.5 Å². The van der Waals surface area contributed by atoms with E-state index in [9.17, 15) is 29.1 Å². The molecule has 51 heavy (non-hydrogen) atoms. The van der Waals surface area contributed by atoms with Crippen molar-refractivity contribution in [1.82, 2.24) is 30.7 Å². The number of rotatable bonds is 13. The van der Waals surface area contributed by atoms with Gasteiger partial charge in [0.15, 0.2) is 5.88 Å². The van der Waals surface area contributed by atoms with E-state index >= 15 is 0 Å². The van der Waals surface area contributed by atoms with E-state index in [2.05, 4.69) is 41.7 Å². The number of piperidine rings is 1. The summed E-state index contributed by atoms with van der Waals surface area (Å²) in [6, 6.07) is 3.72. The number of hydrogen-bond donors (Lipinski definition) is 5. The van der Waals surface area contributed by atoms with Crippen LogP contribution in [-0.2, 0) is 25.7 Å². The minimum Gasteiger partial charge on any atom is -0.494 e. The number of aromatic nitrogens is 1. The number of nitrogens with zero attached hydrogens (tertiary/aromatic N) is 2. The number of hydrogen-bond acceptors (Lipinski definition) is 6. The second-order valence-electron chi connectivity index (χ2n) is 17.5. The van der Waals surface area contributed by atoms with Crippen LogP contribution < -0.4 is 21.3 Å². The Bertz CT molecular complexity index is 1700. The summed E-state index contributed by atoms with van der Waals surface area (Å²) in [7, 11) is 0. The highest BCUT2D eigenvalue weighted by Crippen LogP contribution is 2.65. The summed E-state index contributed by atoms with van der Waals surface area (Å²) in [5.74, 6) is -2.00. The first-order valence-corrected chi connectivity index (χ1v) is 18.1. The van der Waals surface area contributed by atoms with Gasteiger partial charge in [-0.25, -0.2) is 4.79 Å². The number of nitrogens with one attached hydrogen (secondary N) is 4. The van der Waals surface area contributed by atoms with Crippen molar-refractivity contribution in [2.45, 2.75) is 105 Å². The maximum atomic E-state index is 14.5. The Morgan fingerprint density at radius 2 is 1.67 bits per heavy atom.